The van der Waals surface area contributed by atoms with Crippen molar-refractivity contribution in [1.29, 1.82) is 0 Å². The maximum atomic E-state index is 12.6. The second-order valence-corrected chi connectivity index (χ2v) is 6.92. The van der Waals surface area contributed by atoms with Gasteiger partial charge in [0, 0.05) is 23.7 Å². The van der Waals surface area contributed by atoms with Crippen molar-refractivity contribution < 1.29 is 4.79 Å². The lowest BCUT2D eigenvalue weighted by molar-refractivity contribution is -0.116. The lowest BCUT2D eigenvalue weighted by Gasteiger charge is -2.12. The van der Waals surface area contributed by atoms with Crippen LogP contribution < -0.4 is 10.9 Å². The normalized spacial score (nSPS) is 11.2. The number of aromatic nitrogens is 3. The molecule has 142 valence electrons. The molecule has 0 aliphatic rings. The number of fused-ring (bicyclic) bond motifs is 2. The predicted molar refractivity (Wildman–Crippen MR) is 112 cm³/mol. The molecule has 0 atom stereocenters. The van der Waals surface area contributed by atoms with Gasteiger partial charge in [-0.05, 0) is 50.6 Å². The fourth-order valence-corrected chi connectivity index (χ4v) is 3.74. The average molecular weight is 374 g/mol. The first-order valence-corrected chi connectivity index (χ1v) is 9.34. The lowest BCUT2D eigenvalue weighted by atomic mass is 10.1. The summed E-state index contributed by atoms with van der Waals surface area (Å²) in [6.07, 6.45) is 0. The van der Waals surface area contributed by atoms with Gasteiger partial charge in [-0.2, -0.15) is 0 Å². The minimum atomic E-state index is -0.248. The summed E-state index contributed by atoms with van der Waals surface area (Å²) >= 11 is 0. The number of para-hydroxylation sites is 1. The van der Waals surface area contributed by atoms with Crippen molar-refractivity contribution in [2.24, 2.45) is 0 Å². The molecule has 0 aliphatic heterocycles. The fraction of sp³-hybridized carbons (Fsp3) is 0.227. The van der Waals surface area contributed by atoms with E-state index >= 15 is 0 Å². The largest absolute Gasteiger partial charge is 0.329 e. The second-order valence-electron chi connectivity index (χ2n) is 6.92. The Morgan fingerprint density at radius 2 is 1.82 bits per heavy atom. The molecule has 28 heavy (non-hydrogen) atoms. The maximum Gasteiger partial charge on any atom is 0.251 e. The third kappa shape index (κ3) is 3.07. The van der Waals surface area contributed by atoms with Gasteiger partial charge in [-0.25, -0.2) is 4.98 Å². The van der Waals surface area contributed by atoms with Gasteiger partial charge in [0.1, 0.15) is 12.4 Å². The van der Waals surface area contributed by atoms with Crippen molar-refractivity contribution in [3.8, 4) is 0 Å². The highest BCUT2D eigenvalue weighted by molar-refractivity contribution is 5.94. The molecule has 0 spiro atoms. The number of nitrogens with zero attached hydrogens (tertiary/aromatic N) is 3. The molecule has 2 heterocycles. The Hall–Kier alpha value is -3.41. The molecule has 1 amide bonds. The number of hydrogen-bond acceptors (Lipinski definition) is 3. The number of anilines is 1. The Labute approximate surface area is 162 Å². The summed E-state index contributed by atoms with van der Waals surface area (Å²) in [5, 5.41) is 3.86. The van der Waals surface area contributed by atoms with Crippen LogP contribution in [0.15, 0.2) is 53.3 Å². The zero-order valence-electron chi connectivity index (χ0n) is 16.2. The Morgan fingerprint density at radius 3 is 2.61 bits per heavy atom. The third-order valence-corrected chi connectivity index (χ3v) is 5.07. The molecule has 0 saturated heterocycles. The number of imidazole rings is 1. The average Bonchev–Trinajstić information content (AvgIpc) is 2.99. The van der Waals surface area contributed by atoms with Crippen LogP contribution in [-0.4, -0.2) is 20.0 Å². The van der Waals surface area contributed by atoms with Crippen LogP contribution in [0.2, 0.25) is 0 Å². The summed E-state index contributed by atoms with van der Waals surface area (Å²) in [5.74, 6) is 0.695. The Bertz CT molecular complexity index is 1270. The standard InChI is InChI=1S/C22H22N4O2/c1-4-25-15(3)23-18-12-16(9-10-20(18)25)24-21(27)13-26-19-8-6-5-7-17(19)14(2)11-22(26)28/h5-12H,4,13H2,1-3H3,(H,24,27). The molecule has 0 radical (unpaired) electrons. The van der Waals surface area contributed by atoms with Gasteiger partial charge in [0.2, 0.25) is 5.91 Å². The van der Waals surface area contributed by atoms with E-state index in [9.17, 15) is 9.59 Å². The number of aryl methyl sites for hydroxylation is 3. The summed E-state index contributed by atoms with van der Waals surface area (Å²) in [7, 11) is 0. The zero-order chi connectivity index (χ0) is 19.8. The first-order valence-electron chi connectivity index (χ1n) is 9.34. The van der Waals surface area contributed by atoms with Crippen LogP contribution in [-0.2, 0) is 17.9 Å². The molecule has 0 saturated carbocycles. The number of benzene rings is 2. The van der Waals surface area contributed by atoms with Crippen LogP contribution in [0.25, 0.3) is 21.9 Å². The lowest BCUT2D eigenvalue weighted by Crippen LogP contribution is -2.27. The molecule has 0 bridgehead atoms. The minimum Gasteiger partial charge on any atom is -0.329 e. The number of nitrogens with one attached hydrogen (secondary N) is 1. The fourth-order valence-electron chi connectivity index (χ4n) is 3.74. The van der Waals surface area contributed by atoms with Crippen molar-refractivity contribution in [3.05, 3.63) is 70.3 Å². The molecule has 4 aromatic rings. The van der Waals surface area contributed by atoms with E-state index in [0.29, 0.717) is 5.69 Å². The van der Waals surface area contributed by atoms with E-state index in [-0.39, 0.29) is 18.0 Å². The molecule has 4 rings (SSSR count). The van der Waals surface area contributed by atoms with Gasteiger partial charge in [0.15, 0.2) is 0 Å². The monoisotopic (exact) mass is 374 g/mol. The van der Waals surface area contributed by atoms with Crippen LogP contribution in [0.3, 0.4) is 0 Å². The van der Waals surface area contributed by atoms with Gasteiger partial charge >= 0.3 is 0 Å². The highest BCUT2D eigenvalue weighted by atomic mass is 16.2. The Balaban J connectivity index is 1.63. The molecule has 2 aromatic heterocycles. The van der Waals surface area contributed by atoms with Crippen LogP contribution in [0.5, 0.6) is 0 Å². The predicted octanol–water partition coefficient (Wildman–Crippen LogP) is 3.63. The number of rotatable bonds is 4. The highest BCUT2D eigenvalue weighted by Crippen LogP contribution is 2.21. The molecule has 0 unspecified atom stereocenters. The smallest absolute Gasteiger partial charge is 0.251 e. The SMILES string of the molecule is CCn1c(C)nc2cc(NC(=O)Cn3c(=O)cc(C)c4ccccc43)ccc21. The van der Waals surface area contributed by atoms with Gasteiger partial charge in [-0.3, -0.25) is 14.2 Å². The van der Waals surface area contributed by atoms with Crippen LogP contribution >= 0.6 is 0 Å². The van der Waals surface area contributed by atoms with Crippen molar-refractivity contribution in [3.63, 3.8) is 0 Å². The van der Waals surface area contributed by atoms with Crippen LogP contribution in [0.4, 0.5) is 5.69 Å². The quantitative estimate of drug-likeness (QED) is 0.593. The Morgan fingerprint density at radius 1 is 1.04 bits per heavy atom. The molecule has 0 fully saturated rings. The highest BCUT2D eigenvalue weighted by Gasteiger charge is 2.12. The molecule has 2 aromatic carbocycles. The number of amides is 1. The van der Waals surface area contributed by atoms with Crippen LogP contribution in [0.1, 0.15) is 18.3 Å². The topological polar surface area (TPSA) is 68.9 Å². The van der Waals surface area contributed by atoms with Gasteiger partial charge in [-0.15, -0.1) is 0 Å². The van der Waals surface area contributed by atoms with E-state index in [4.69, 9.17) is 0 Å². The van der Waals surface area contributed by atoms with E-state index in [2.05, 4.69) is 21.8 Å². The van der Waals surface area contributed by atoms with Crippen LogP contribution in [0, 0.1) is 13.8 Å². The van der Waals surface area contributed by atoms with Gasteiger partial charge in [-0.1, -0.05) is 18.2 Å². The molecular formula is C22H22N4O2. The summed E-state index contributed by atoms with van der Waals surface area (Å²) < 4.78 is 3.63. The minimum absolute atomic E-state index is 0.0416. The van der Waals surface area contributed by atoms with Gasteiger partial charge in [0.25, 0.3) is 5.56 Å². The van der Waals surface area contributed by atoms with Crippen molar-refractivity contribution >= 4 is 33.5 Å². The zero-order valence-corrected chi connectivity index (χ0v) is 16.2. The molecule has 6 heteroatoms. The van der Waals surface area contributed by atoms with Gasteiger partial charge in [0.05, 0.1) is 16.6 Å². The first kappa shape index (κ1) is 18.0. The number of pyridine rings is 1. The molecular weight excluding hydrogens is 352 g/mol. The van der Waals surface area contributed by atoms with E-state index in [1.807, 2.05) is 56.3 Å². The van der Waals surface area contributed by atoms with Crippen molar-refractivity contribution in [2.75, 3.05) is 5.32 Å². The molecule has 6 nitrogen and oxygen atoms in total. The number of carbonyl (C=O) groups is 1. The molecule has 1 N–H and O–H groups in total. The van der Waals surface area contributed by atoms with E-state index in [0.717, 1.165) is 39.9 Å². The van der Waals surface area contributed by atoms with Crippen molar-refractivity contribution in [2.45, 2.75) is 33.9 Å². The third-order valence-electron chi connectivity index (χ3n) is 5.07. The summed E-state index contributed by atoms with van der Waals surface area (Å²) in [6.45, 7) is 6.75. The second kappa shape index (κ2) is 6.96. The van der Waals surface area contributed by atoms with E-state index in [1.165, 1.54) is 4.57 Å². The number of hydrogen-bond donors (Lipinski definition) is 1. The van der Waals surface area contributed by atoms with E-state index < -0.39 is 0 Å². The molecule has 0 aliphatic carbocycles. The van der Waals surface area contributed by atoms with Gasteiger partial charge < -0.3 is 9.88 Å². The number of carbonyl (C=O) groups excluding carboxylic acids is 1. The maximum absolute atomic E-state index is 12.6. The Kier molecular flexibility index (Phi) is 4.47. The summed E-state index contributed by atoms with van der Waals surface area (Å²) in [4.78, 5) is 29.6. The van der Waals surface area contributed by atoms with E-state index in [1.54, 1.807) is 6.07 Å². The summed E-state index contributed by atoms with van der Waals surface area (Å²) in [6, 6.07) is 14.9. The summed E-state index contributed by atoms with van der Waals surface area (Å²) in [5.41, 5.74) is 4.04. The van der Waals surface area contributed by atoms with Crippen molar-refractivity contribution in [1.82, 2.24) is 14.1 Å². The first-order chi connectivity index (χ1) is 13.5.